The zero-order valence-corrected chi connectivity index (χ0v) is 13.0. The van der Waals surface area contributed by atoms with Gasteiger partial charge < -0.3 is 0 Å². The third-order valence-corrected chi connectivity index (χ3v) is 4.47. The van der Waals surface area contributed by atoms with E-state index in [0.717, 1.165) is 12.1 Å². The van der Waals surface area contributed by atoms with Crippen LogP contribution in [0.5, 0.6) is 0 Å². The van der Waals surface area contributed by atoms with Crippen molar-refractivity contribution in [2.75, 3.05) is 6.26 Å². The van der Waals surface area contributed by atoms with Crippen molar-refractivity contribution in [1.29, 1.82) is 0 Å². The maximum absolute atomic E-state index is 4.46. The van der Waals surface area contributed by atoms with Gasteiger partial charge in [-0.1, -0.05) is 40.2 Å². The van der Waals surface area contributed by atoms with Gasteiger partial charge in [-0.15, -0.1) is 11.8 Å². The van der Waals surface area contributed by atoms with Crippen LogP contribution in [0.1, 0.15) is 21.6 Å². The van der Waals surface area contributed by atoms with Gasteiger partial charge in [0, 0.05) is 28.0 Å². The number of pyridine rings is 1. The monoisotopic (exact) mass is 321 g/mol. The topological polar surface area (TPSA) is 12.9 Å². The van der Waals surface area contributed by atoms with Gasteiger partial charge in [-0.25, -0.2) is 0 Å². The molecule has 0 aliphatic rings. The second-order valence-electron chi connectivity index (χ2n) is 4.24. The van der Waals surface area contributed by atoms with E-state index in [2.05, 4.69) is 70.5 Å². The summed E-state index contributed by atoms with van der Waals surface area (Å²) < 4.78 is 0. The molecule has 18 heavy (non-hydrogen) atoms. The minimum Gasteiger partial charge on any atom is -0.261 e. The molecule has 0 fully saturated rings. The Balaban J connectivity index is 2.16. The van der Waals surface area contributed by atoms with E-state index in [1.165, 1.54) is 16.0 Å². The van der Waals surface area contributed by atoms with E-state index in [1.54, 1.807) is 11.8 Å². The van der Waals surface area contributed by atoms with Crippen LogP contribution in [0, 0.1) is 6.92 Å². The lowest BCUT2D eigenvalue weighted by atomic mass is 10.1. The first kappa shape index (κ1) is 13.6. The molecule has 0 amide bonds. The zero-order chi connectivity index (χ0) is 13.0. The third-order valence-electron chi connectivity index (χ3n) is 2.84. The molecule has 0 spiro atoms. The molecule has 0 N–H and O–H groups in total. The molecular formula is C15H16BrNS. The molecule has 0 bridgehead atoms. The molecule has 0 aliphatic heterocycles. The van der Waals surface area contributed by atoms with Crippen molar-refractivity contribution in [1.82, 2.24) is 4.98 Å². The van der Waals surface area contributed by atoms with Crippen LogP contribution >= 0.6 is 27.7 Å². The Labute approximate surface area is 121 Å². The van der Waals surface area contributed by atoms with Crippen LogP contribution in [-0.4, -0.2) is 11.2 Å². The fraction of sp³-hybridized carbons (Fsp3) is 0.267. The van der Waals surface area contributed by atoms with Crippen molar-refractivity contribution in [2.24, 2.45) is 0 Å². The molecule has 2 aromatic rings. The summed E-state index contributed by atoms with van der Waals surface area (Å²) in [5.74, 6) is 0. The van der Waals surface area contributed by atoms with E-state index >= 15 is 0 Å². The Bertz CT molecular complexity index is 510. The normalized spacial score (nSPS) is 12.4. The number of rotatable bonds is 4. The third kappa shape index (κ3) is 3.36. The lowest BCUT2D eigenvalue weighted by molar-refractivity contribution is 0.885. The maximum Gasteiger partial charge on any atom is 0.0461 e. The van der Waals surface area contributed by atoms with Crippen molar-refractivity contribution in [3.8, 4) is 0 Å². The van der Waals surface area contributed by atoms with Gasteiger partial charge in [0.15, 0.2) is 0 Å². The van der Waals surface area contributed by atoms with Crippen molar-refractivity contribution in [3.63, 3.8) is 0 Å². The van der Waals surface area contributed by atoms with E-state index < -0.39 is 0 Å². The van der Waals surface area contributed by atoms with Crippen molar-refractivity contribution in [2.45, 2.75) is 23.1 Å². The summed E-state index contributed by atoms with van der Waals surface area (Å²) in [4.78, 5) is 6.10. The molecular weight excluding hydrogens is 306 g/mol. The number of hydrogen-bond acceptors (Lipinski definition) is 2. The van der Waals surface area contributed by atoms with Crippen LogP contribution in [0.15, 0.2) is 47.5 Å². The minimum absolute atomic E-state index is 0.316. The Morgan fingerprint density at radius 1 is 1.22 bits per heavy atom. The highest BCUT2D eigenvalue weighted by molar-refractivity contribution is 9.09. The SMILES string of the molecule is CSc1ccccc1C(Br)Cc1ccc(C)cn1. The first-order chi connectivity index (χ1) is 8.70. The van der Waals surface area contributed by atoms with Crippen LogP contribution in [0.4, 0.5) is 0 Å². The summed E-state index contributed by atoms with van der Waals surface area (Å²) in [5.41, 5.74) is 3.67. The first-order valence-corrected chi connectivity index (χ1v) is 8.03. The molecule has 1 heterocycles. The quantitative estimate of drug-likeness (QED) is 0.593. The second-order valence-corrected chi connectivity index (χ2v) is 6.19. The first-order valence-electron chi connectivity index (χ1n) is 5.89. The molecule has 2 rings (SSSR count). The van der Waals surface area contributed by atoms with Crippen molar-refractivity contribution < 1.29 is 0 Å². The molecule has 94 valence electrons. The molecule has 1 atom stereocenters. The Kier molecular flexibility index (Phi) is 4.84. The lowest BCUT2D eigenvalue weighted by Gasteiger charge is -2.13. The summed E-state index contributed by atoms with van der Waals surface area (Å²) >= 11 is 5.57. The lowest BCUT2D eigenvalue weighted by Crippen LogP contribution is -1.99. The van der Waals surface area contributed by atoms with Gasteiger partial charge in [0.1, 0.15) is 0 Å². The number of aryl methyl sites for hydroxylation is 1. The summed E-state index contributed by atoms with van der Waals surface area (Å²) in [5, 5.41) is 0. The summed E-state index contributed by atoms with van der Waals surface area (Å²) in [7, 11) is 0. The van der Waals surface area contributed by atoms with E-state index in [1.807, 2.05) is 6.20 Å². The number of halogens is 1. The number of thioether (sulfide) groups is 1. The number of aromatic nitrogens is 1. The Hall–Kier alpha value is -0.800. The zero-order valence-electron chi connectivity index (χ0n) is 10.6. The van der Waals surface area contributed by atoms with Gasteiger partial charge in [0.25, 0.3) is 0 Å². The van der Waals surface area contributed by atoms with Crippen molar-refractivity contribution in [3.05, 3.63) is 59.4 Å². The van der Waals surface area contributed by atoms with E-state index in [4.69, 9.17) is 0 Å². The van der Waals surface area contributed by atoms with Gasteiger partial charge in [-0.05, 0) is 36.4 Å². The van der Waals surface area contributed by atoms with Crippen molar-refractivity contribution >= 4 is 27.7 Å². The highest BCUT2D eigenvalue weighted by Gasteiger charge is 2.12. The van der Waals surface area contributed by atoms with E-state index in [0.29, 0.717) is 4.83 Å². The molecule has 1 unspecified atom stereocenters. The highest BCUT2D eigenvalue weighted by Crippen LogP contribution is 2.33. The molecule has 3 heteroatoms. The Morgan fingerprint density at radius 3 is 2.67 bits per heavy atom. The van der Waals surface area contributed by atoms with Gasteiger partial charge in [-0.3, -0.25) is 4.98 Å². The molecule has 1 aromatic heterocycles. The minimum atomic E-state index is 0.316. The van der Waals surface area contributed by atoms with Crippen LogP contribution < -0.4 is 0 Å². The smallest absolute Gasteiger partial charge is 0.0461 e. The van der Waals surface area contributed by atoms with E-state index in [9.17, 15) is 0 Å². The second kappa shape index (κ2) is 6.39. The van der Waals surface area contributed by atoms with Gasteiger partial charge >= 0.3 is 0 Å². The fourth-order valence-corrected chi connectivity index (χ4v) is 3.38. The summed E-state index contributed by atoms with van der Waals surface area (Å²) in [6.07, 6.45) is 4.95. The van der Waals surface area contributed by atoms with Crippen LogP contribution in [0.2, 0.25) is 0 Å². The van der Waals surface area contributed by atoms with Gasteiger partial charge in [0.05, 0.1) is 0 Å². The Morgan fingerprint density at radius 2 is 2.00 bits per heavy atom. The average Bonchev–Trinajstić information content (AvgIpc) is 2.41. The summed E-state index contributed by atoms with van der Waals surface area (Å²) in [6, 6.07) is 12.7. The standard InChI is InChI=1S/C15H16BrNS/c1-11-7-8-12(17-10-11)9-14(16)13-5-3-4-6-15(13)18-2/h3-8,10,14H,9H2,1-2H3. The fourth-order valence-electron chi connectivity index (χ4n) is 1.84. The average molecular weight is 322 g/mol. The molecule has 0 saturated heterocycles. The molecule has 0 saturated carbocycles. The number of benzene rings is 1. The summed E-state index contributed by atoms with van der Waals surface area (Å²) in [6.45, 7) is 2.06. The predicted molar refractivity (Wildman–Crippen MR) is 82.6 cm³/mol. The maximum atomic E-state index is 4.46. The molecule has 1 aromatic carbocycles. The molecule has 1 nitrogen and oxygen atoms in total. The number of hydrogen-bond donors (Lipinski definition) is 0. The molecule has 0 radical (unpaired) electrons. The van der Waals surface area contributed by atoms with Gasteiger partial charge in [0.2, 0.25) is 0 Å². The van der Waals surface area contributed by atoms with E-state index in [-0.39, 0.29) is 0 Å². The highest BCUT2D eigenvalue weighted by atomic mass is 79.9. The van der Waals surface area contributed by atoms with Crippen LogP contribution in [-0.2, 0) is 6.42 Å². The predicted octanol–water partition coefficient (Wildman–Crippen LogP) is 4.79. The van der Waals surface area contributed by atoms with Crippen LogP contribution in [0.3, 0.4) is 0 Å². The van der Waals surface area contributed by atoms with Crippen LogP contribution in [0.25, 0.3) is 0 Å². The number of nitrogens with zero attached hydrogens (tertiary/aromatic N) is 1. The number of alkyl halides is 1. The largest absolute Gasteiger partial charge is 0.261 e. The van der Waals surface area contributed by atoms with Gasteiger partial charge in [-0.2, -0.15) is 0 Å². The molecule has 0 aliphatic carbocycles.